The van der Waals surface area contributed by atoms with Crippen LogP contribution < -0.4 is 10.7 Å². The smallest absolute Gasteiger partial charge is 0.278 e. The topological polar surface area (TPSA) is 84.3 Å². The quantitative estimate of drug-likeness (QED) is 0.638. The zero-order chi connectivity index (χ0) is 22.5. The Balaban J connectivity index is 1.82. The summed E-state index contributed by atoms with van der Waals surface area (Å²) < 4.78 is 1.45. The van der Waals surface area contributed by atoms with Gasteiger partial charge in [0.2, 0.25) is 11.3 Å². The minimum atomic E-state index is -0.648. The van der Waals surface area contributed by atoms with E-state index in [0.29, 0.717) is 22.1 Å². The standard InChI is InChI=1S/C23H23ClN4O3/c1-4-16-9-5-7-11-18(16)25-21(30)14-27(3)23(31)22-20(29)13-15(2)28(26-22)19-12-8-6-10-17(19)24/h5-13H,4,14H2,1-3H3,(H,25,30). The number of hydrogen-bond acceptors (Lipinski definition) is 4. The van der Waals surface area contributed by atoms with Crippen molar-refractivity contribution in [3.63, 3.8) is 0 Å². The molecule has 0 aliphatic heterocycles. The van der Waals surface area contributed by atoms with Crippen molar-refractivity contribution in [3.8, 4) is 5.69 Å². The van der Waals surface area contributed by atoms with Crippen LogP contribution in [0.2, 0.25) is 5.02 Å². The molecule has 0 bridgehead atoms. The number of nitrogens with zero attached hydrogens (tertiary/aromatic N) is 3. The van der Waals surface area contributed by atoms with Crippen molar-refractivity contribution in [2.45, 2.75) is 20.3 Å². The third-order valence-corrected chi connectivity index (χ3v) is 5.11. The Morgan fingerprint density at radius 1 is 1.13 bits per heavy atom. The second kappa shape index (κ2) is 9.57. The fraction of sp³-hybridized carbons (Fsp3) is 0.217. The average molecular weight is 439 g/mol. The molecule has 8 heteroatoms. The molecule has 0 radical (unpaired) electrons. The predicted octanol–water partition coefficient (Wildman–Crippen LogP) is 3.47. The summed E-state index contributed by atoms with van der Waals surface area (Å²) in [5.74, 6) is -1.01. The maximum absolute atomic E-state index is 12.9. The van der Waals surface area contributed by atoms with Crippen molar-refractivity contribution in [3.05, 3.63) is 86.8 Å². The molecule has 0 aliphatic rings. The van der Waals surface area contributed by atoms with Crippen LogP contribution in [-0.4, -0.2) is 40.1 Å². The van der Waals surface area contributed by atoms with Crippen LogP contribution in [0.4, 0.5) is 5.69 Å². The van der Waals surface area contributed by atoms with E-state index in [2.05, 4.69) is 10.4 Å². The predicted molar refractivity (Wildman–Crippen MR) is 121 cm³/mol. The highest BCUT2D eigenvalue weighted by Gasteiger charge is 2.21. The van der Waals surface area contributed by atoms with Crippen LogP contribution >= 0.6 is 11.6 Å². The number of aryl methyl sites for hydroxylation is 2. The summed E-state index contributed by atoms with van der Waals surface area (Å²) in [4.78, 5) is 39.0. The van der Waals surface area contributed by atoms with Gasteiger partial charge in [0.1, 0.15) is 0 Å². The van der Waals surface area contributed by atoms with Gasteiger partial charge in [-0.1, -0.05) is 48.9 Å². The molecular weight excluding hydrogens is 416 g/mol. The summed E-state index contributed by atoms with van der Waals surface area (Å²) in [5.41, 5.74) is 1.97. The summed E-state index contributed by atoms with van der Waals surface area (Å²) in [6.07, 6.45) is 0.764. The lowest BCUT2D eigenvalue weighted by Gasteiger charge is -2.18. The van der Waals surface area contributed by atoms with Gasteiger partial charge in [-0.2, -0.15) is 5.10 Å². The van der Waals surface area contributed by atoms with Crippen LogP contribution in [0.1, 0.15) is 28.7 Å². The number of carbonyl (C=O) groups excluding carboxylic acids is 2. The van der Waals surface area contributed by atoms with E-state index in [1.165, 1.54) is 22.7 Å². The Labute approximate surface area is 185 Å². The SMILES string of the molecule is CCc1ccccc1NC(=O)CN(C)C(=O)c1nn(-c2ccccc2Cl)c(C)cc1=O. The number of carbonyl (C=O) groups is 2. The number of hydrogen-bond donors (Lipinski definition) is 1. The number of rotatable bonds is 6. The number of benzene rings is 2. The average Bonchev–Trinajstić information content (AvgIpc) is 2.74. The molecule has 0 saturated carbocycles. The summed E-state index contributed by atoms with van der Waals surface area (Å²) in [6.45, 7) is 3.47. The molecule has 160 valence electrons. The number of nitrogens with one attached hydrogen (secondary N) is 1. The fourth-order valence-electron chi connectivity index (χ4n) is 3.17. The molecule has 1 heterocycles. The first-order valence-corrected chi connectivity index (χ1v) is 10.2. The van der Waals surface area contributed by atoms with Crippen LogP contribution in [0, 0.1) is 6.92 Å². The van der Waals surface area contributed by atoms with Crippen molar-refractivity contribution in [2.24, 2.45) is 0 Å². The van der Waals surface area contributed by atoms with E-state index in [0.717, 1.165) is 12.0 Å². The molecular formula is C23H23ClN4O3. The van der Waals surface area contributed by atoms with Crippen LogP contribution in [0.15, 0.2) is 59.4 Å². The summed E-state index contributed by atoms with van der Waals surface area (Å²) in [6, 6.07) is 15.8. The van der Waals surface area contributed by atoms with Gasteiger partial charge in [0.05, 0.1) is 17.3 Å². The van der Waals surface area contributed by atoms with Gasteiger partial charge in [-0.25, -0.2) is 4.68 Å². The Morgan fingerprint density at radius 2 is 1.81 bits per heavy atom. The molecule has 7 nitrogen and oxygen atoms in total. The van der Waals surface area contributed by atoms with E-state index in [1.54, 1.807) is 31.2 Å². The van der Waals surface area contributed by atoms with Gasteiger partial charge in [0.25, 0.3) is 5.91 Å². The molecule has 0 aliphatic carbocycles. The highest BCUT2D eigenvalue weighted by atomic mass is 35.5. The first-order chi connectivity index (χ1) is 14.8. The number of amides is 2. The second-order valence-corrected chi connectivity index (χ2v) is 7.49. The van der Waals surface area contributed by atoms with Crippen LogP contribution in [0.3, 0.4) is 0 Å². The van der Waals surface area contributed by atoms with E-state index >= 15 is 0 Å². The second-order valence-electron chi connectivity index (χ2n) is 7.08. The normalized spacial score (nSPS) is 10.6. The Kier molecular flexibility index (Phi) is 6.87. The van der Waals surface area contributed by atoms with Crippen molar-refractivity contribution in [1.82, 2.24) is 14.7 Å². The Bertz CT molecular complexity index is 1190. The number of halogens is 1. The van der Waals surface area contributed by atoms with E-state index < -0.39 is 11.3 Å². The van der Waals surface area contributed by atoms with Crippen LogP contribution in [0.5, 0.6) is 0 Å². The third kappa shape index (κ3) is 5.00. The molecule has 2 amide bonds. The lowest BCUT2D eigenvalue weighted by atomic mass is 10.1. The molecule has 0 spiro atoms. The molecule has 0 atom stereocenters. The van der Waals surface area contributed by atoms with Gasteiger partial charge >= 0.3 is 0 Å². The molecule has 1 N–H and O–H groups in total. The van der Waals surface area contributed by atoms with E-state index in [-0.39, 0.29) is 18.1 Å². The minimum Gasteiger partial charge on any atom is -0.331 e. The molecule has 0 fully saturated rings. The number of aromatic nitrogens is 2. The van der Waals surface area contributed by atoms with E-state index in [1.807, 2.05) is 31.2 Å². The summed E-state index contributed by atoms with van der Waals surface area (Å²) in [7, 11) is 1.45. The zero-order valence-electron chi connectivity index (χ0n) is 17.6. The molecule has 2 aromatic carbocycles. The lowest BCUT2D eigenvalue weighted by Crippen LogP contribution is -2.38. The van der Waals surface area contributed by atoms with E-state index in [9.17, 15) is 14.4 Å². The van der Waals surface area contributed by atoms with E-state index in [4.69, 9.17) is 11.6 Å². The van der Waals surface area contributed by atoms with Gasteiger partial charge in [-0.15, -0.1) is 0 Å². The minimum absolute atomic E-state index is 0.224. The van der Waals surface area contributed by atoms with Crippen molar-refractivity contribution in [1.29, 1.82) is 0 Å². The van der Waals surface area contributed by atoms with Gasteiger partial charge in [-0.3, -0.25) is 14.4 Å². The maximum atomic E-state index is 12.9. The number of para-hydroxylation sites is 2. The number of anilines is 1. The van der Waals surface area contributed by atoms with Crippen molar-refractivity contribution >= 4 is 29.1 Å². The van der Waals surface area contributed by atoms with Gasteiger partial charge in [-0.05, 0) is 37.1 Å². The fourth-order valence-corrected chi connectivity index (χ4v) is 3.39. The van der Waals surface area contributed by atoms with Gasteiger partial charge in [0, 0.05) is 24.5 Å². The Hall–Kier alpha value is -3.45. The monoisotopic (exact) mass is 438 g/mol. The van der Waals surface area contributed by atoms with Gasteiger partial charge < -0.3 is 10.2 Å². The van der Waals surface area contributed by atoms with Crippen LogP contribution in [0.25, 0.3) is 5.69 Å². The summed E-state index contributed by atoms with van der Waals surface area (Å²) in [5, 5.41) is 7.49. The third-order valence-electron chi connectivity index (χ3n) is 4.79. The molecule has 31 heavy (non-hydrogen) atoms. The molecule has 0 saturated heterocycles. The maximum Gasteiger partial charge on any atom is 0.278 e. The highest BCUT2D eigenvalue weighted by Crippen LogP contribution is 2.20. The van der Waals surface area contributed by atoms with Crippen LogP contribution in [-0.2, 0) is 11.2 Å². The summed E-state index contributed by atoms with van der Waals surface area (Å²) >= 11 is 6.25. The molecule has 0 unspecified atom stereocenters. The Morgan fingerprint density at radius 3 is 2.52 bits per heavy atom. The van der Waals surface area contributed by atoms with Crippen molar-refractivity contribution in [2.75, 3.05) is 18.9 Å². The molecule has 3 aromatic rings. The van der Waals surface area contributed by atoms with Crippen molar-refractivity contribution < 1.29 is 9.59 Å². The largest absolute Gasteiger partial charge is 0.331 e. The zero-order valence-corrected chi connectivity index (χ0v) is 18.3. The first-order valence-electron chi connectivity index (χ1n) is 9.81. The molecule has 3 rings (SSSR count). The highest BCUT2D eigenvalue weighted by molar-refractivity contribution is 6.32. The molecule has 1 aromatic heterocycles. The van der Waals surface area contributed by atoms with Gasteiger partial charge in [0.15, 0.2) is 5.69 Å². The number of likely N-dealkylation sites (N-methyl/N-ethyl adjacent to an activating group) is 1. The lowest BCUT2D eigenvalue weighted by molar-refractivity contribution is -0.116. The first kappa shape index (κ1) is 22.2.